The summed E-state index contributed by atoms with van der Waals surface area (Å²) >= 11 is 0. The third-order valence-electron chi connectivity index (χ3n) is 0.632. The zero-order chi connectivity index (χ0) is 8.85. The van der Waals surface area contributed by atoms with Gasteiger partial charge in [-0.2, -0.15) is 0 Å². The van der Waals surface area contributed by atoms with Crippen molar-refractivity contribution in [2.75, 3.05) is 0 Å². The van der Waals surface area contributed by atoms with Crippen LogP contribution in [-0.2, 0) is 9.59 Å². The fraction of sp³-hybridized carbons (Fsp3) is 0. The van der Waals surface area contributed by atoms with E-state index in [1.165, 1.54) is 12.2 Å². The van der Waals surface area contributed by atoms with Gasteiger partial charge in [0.15, 0.2) is 0 Å². The molecule has 1 aliphatic rings. The Morgan fingerprint density at radius 1 is 1.18 bits per heavy atom. The molecule has 0 aromatic carbocycles. The van der Waals surface area contributed by atoms with E-state index in [0.717, 1.165) is 0 Å². The Labute approximate surface area is 61.1 Å². The first kappa shape index (κ1) is 9.15. The van der Waals surface area contributed by atoms with Gasteiger partial charge in [-0.25, -0.2) is 4.79 Å². The number of hydrogen-bond donors (Lipinski definition) is 3. The minimum atomic E-state index is -1.83. The van der Waals surface area contributed by atoms with Gasteiger partial charge in [0, 0.05) is 12.2 Å². The van der Waals surface area contributed by atoms with E-state index in [1.54, 1.807) is 0 Å². The molecule has 0 atom stereocenters. The maximum atomic E-state index is 10.0. The lowest BCUT2D eigenvalue weighted by Gasteiger charge is -1.80. The predicted molar refractivity (Wildman–Crippen MR) is 32.9 cm³/mol. The molecule has 0 aromatic heterocycles. The van der Waals surface area contributed by atoms with Crippen molar-refractivity contribution in [2.24, 2.45) is 0 Å². The van der Waals surface area contributed by atoms with Crippen molar-refractivity contribution < 1.29 is 24.6 Å². The van der Waals surface area contributed by atoms with Gasteiger partial charge >= 0.3 is 6.16 Å². The molecule has 2 amide bonds. The van der Waals surface area contributed by atoms with E-state index >= 15 is 0 Å². The average molecular weight is 159 g/mol. The number of carbonyl (C=O) groups excluding carboxylic acids is 2. The molecule has 1 rings (SSSR count). The molecule has 0 spiro atoms. The van der Waals surface area contributed by atoms with Crippen molar-refractivity contribution in [1.82, 2.24) is 5.32 Å². The lowest BCUT2D eigenvalue weighted by molar-refractivity contribution is -0.123. The van der Waals surface area contributed by atoms with E-state index < -0.39 is 6.16 Å². The quantitative estimate of drug-likeness (QED) is 0.410. The van der Waals surface area contributed by atoms with Gasteiger partial charge in [-0.05, 0) is 0 Å². The van der Waals surface area contributed by atoms with Crippen molar-refractivity contribution in [1.29, 1.82) is 0 Å². The molecule has 0 aromatic rings. The first-order valence-corrected chi connectivity index (χ1v) is 2.47. The summed E-state index contributed by atoms with van der Waals surface area (Å²) in [5.41, 5.74) is 0. The molecular formula is C5H5NO5. The molecule has 0 saturated heterocycles. The summed E-state index contributed by atoms with van der Waals surface area (Å²) < 4.78 is 0. The summed E-state index contributed by atoms with van der Waals surface area (Å²) in [7, 11) is 0. The number of nitrogens with one attached hydrogen (secondary N) is 1. The second kappa shape index (κ2) is 4.04. The van der Waals surface area contributed by atoms with Gasteiger partial charge in [-0.15, -0.1) is 0 Å². The number of carboxylic acid groups (broad SMARTS) is 2. The molecule has 11 heavy (non-hydrogen) atoms. The second-order valence-corrected chi connectivity index (χ2v) is 1.47. The van der Waals surface area contributed by atoms with Crippen LogP contribution >= 0.6 is 0 Å². The lowest BCUT2D eigenvalue weighted by atomic mass is 10.6. The molecule has 0 bridgehead atoms. The zero-order valence-corrected chi connectivity index (χ0v) is 5.27. The van der Waals surface area contributed by atoms with Gasteiger partial charge in [0.1, 0.15) is 0 Å². The van der Waals surface area contributed by atoms with E-state index in [9.17, 15) is 9.59 Å². The number of carbonyl (C=O) groups is 3. The highest BCUT2D eigenvalue weighted by molar-refractivity contribution is 6.12. The fourth-order valence-electron chi connectivity index (χ4n) is 0.356. The lowest BCUT2D eigenvalue weighted by Crippen LogP contribution is -2.19. The summed E-state index contributed by atoms with van der Waals surface area (Å²) in [6.45, 7) is 0. The first-order valence-electron chi connectivity index (χ1n) is 2.47. The highest BCUT2D eigenvalue weighted by Gasteiger charge is 2.06. The van der Waals surface area contributed by atoms with Crippen LogP contribution in [-0.4, -0.2) is 28.2 Å². The Balaban J connectivity index is 0.000000218. The summed E-state index contributed by atoms with van der Waals surface area (Å²) in [6, 6.07) is 0. The summed E-state index contributed by atoms with van der Waals surface area (Å²) in [5.74, 6) is -0.657. The molecule has 0 unspecified atom stereocenters. The van der Waals surface area contributed by atoms with E-state index in [0.29, 0.717) is 0 Å². The van der Waals surface area contributed by atoms with Crippen LogP contribution in [0.1, 0.15) is 0 Å². The van der Waals surface area contributed by atoms with Gasteiger partial charge in [-0.1, -0.05) is 0 Å². The Hall–Kier alpha value is -1.85. The minimum Gasteiger partial charge on any atom is -0.450 e. The Morgan fingerprint density at radius 2 is 1.45 bits per heavy atom. The smallest absolute Gasteiger partial charge is 0.450 e. The number of hydrogen-bond acceptors (Lipinski definition) is 3. The zero-order valence-electron chi connectivity index (χ0n) is 5.27. The Morgan fingerprint density at radius 3 is 1.55 bits per heavy atom. The number of rotatable bonds is 0. The molecular weight excluding hydrogens is 154 g/mol. The normalized spacial score (nSPS) is 13.5. The fourth-order valence-corrected chi connectivity index (χ4v) is 0.356. The summed E-state index contributed by atoms with van der Waals surface area (Å²) in [6.07, 6.45) is 0.560. The molecule has 0 saturated carbocycles. The van der Waals surface area contributed by atoms with Crippen molar-refractivity contribution in [3.05, 3.63) is 12.2 Å². The molecule has 1 heterocycles. The largest absolute Gasteiger partial charge is 0.503 e. The van der Waals surface area contributed by atoms with Gasteiger partial charge in [0.2, 0.25) is 0 Å². The van der Waals surface area contributed by atoms with Gasteiger partial charge in [-0.3, -0.25) is 14.9 Å². The maximum absolute atomic E-state index is 10.0. The van der Waals surface area contributed by atoms with Gasteiger partial charge in [0.05, 0.1) is 0 Å². The topological polar surface area (TPSA) is 104 Å². The average Bonchev–Trinajstić information content (AvgIpc) is 2.13. The minimum absolute atomic E-state index is 0.329. The van der Waals surface area contributed by atoms with Gasteiger partial charge < -0.3 is 10.2 Å². The van der Waals surface area contributed by atoms with Crippen LogP contribution in [0.5, 0.6) is 0 Å². The van der Waals surface area contributed by atoms with E-state index in [-0.39, 0.29) is 11.8 Å². The van der Waals surface area contributed by atoms with Crippen LogP contribution < -0.4 is 5.32 Å². The van der Waals surface area contributed by atoms with Crippen molar-refractivity contribution in [2.45, 2.75) is 0 Å². The van der Waals surface area contributed by atoms with E-state index in [1.807, 2.05) is 5.32 Å². The van der Waals surface area contributed by atoms with Crippen molar-refractivity contribution in [3.63, 3.8) is 0 Å². The van der Waals surface area contributed by atoms with Crippen molar-refractivity contribution in [3.8, 4) is 0 Å². The first-order chi connectivity index (χ1) is 5.02. The standard InChI is InChI=1S/C4H3NO2.CH2O3/c6-3-1-2-4(7)5-3;2-1(3)4/h1-2H,(H,5,6,7);(H2,2,3,4). The Kier molecular flexibility index (Phi) is 3.36. The highest BCUT2D eigenvalue weighted by atomic mass is 16.6. The number of imide groups is 1. The third-order valence-corrected chi connectivity index (χ3v) is 0.632. The third kappa shape index (κ3) is 6.03. The molecule has 6 nitrogen and oxygen atoms in total. The Bertz CT molecular complexity index is 199. The molecule has 3 N–H and O–H groups in total. The predicted octanol–water partition coefficient (Wildman–Crippen LogP) is -0.579. The molecule has 0 fully saturated rings. The van der Waals surface area contributed by atoms with Crippen LogP contribution in [0.4, 0.5) is 4.79 Å². The molecule has 0 radical (unpaired) electrons. The molecule has 6 heteroatoms. The molecule has 0 aliphatic carbocycles. The van der Waals surface area contributed by atoms with Crippen LogP contribution in [0.3, 0.4) is 0 Å². The van der Waals surface area contributed by atoms with Crippen LogP contribution in [0.25, 0.3) is 0 Å². The van der Waals surface area contributed by atoms with E-state index in [4.69, 9.17) is 15.0 Å². The summed E-state index contributed by atoms with van der Waals surface area (Å²) in [4.78, 5) is 28.6. The number of amides is 2. The highest BCUT2D eigenvalue weighted by Crippen LogP contribution is 1.82. The second-order valence-electron chi connectivity index (χ2n) is 1.47. The monoisotopic (exact) mass is 159 g/mol. The van der Waals surface area contributed by atoms with E-state index in [2.05, 4.69) is 0 Å². The SMILES string of the molecule is O=C(O)O.O=C1C=CC(=O)N1. The van der Waals surface area contributed by atoms with Crippen LogP contribution in [0.2, 0.25) is 0 Å². The molecule has 60 valence electrons. The van der Waals surface area contributed by atoms with Crippen LogP contribution in [0, 0.1) is 0 Å². The van der Waals surface area contributed by atoms with Crippen LogP contribution in [0.15, 0.2) is 12.2 Å². The summed E-state index contributed by atoms with van der Waals surface area (Å²) in [5, 5.41) is 16.0. The maximum Gasteiger partial charge on any atom is 0.503 e. The van der Waals surface area contributed by atoms with Crippen molar-refractivity contribution >= 4 is 18.0 Å². The molecule has 1 aliphatic heterocycles. The van der Waals surface area contributed by atoms with Gasteiger partial charge in [0.25, 0.3) is 11.8 Å².